The van der Waals surface area contributed by atoms with Gasteiger partial charge in [0.25, 0.3) is 0 Å². The Labute approximate surface area is 245 Å². The number of allylic oxidation sites excluding steroid dienone is 1. The number of carbonyl (C=O) groups is 5. The zero-order valence-corrected chi connectivity index (χ0v) is 25.0. The van der Waals surface area contributed by atoms with Crippen LogP contribution in [0.15, 0.2) is 11.6 Å². The molecule has 41 heavy (non-hydrogen) atoms. The van der Waals surface area contributed by atoms with Gasteiger partial charge < -0.3 is 25.4 Å². The zero-order valence-electron chi connectivity index (χ0n) is 24.1. The van der Waals surface area contributed by atoms with Crippen LogP contribution in [-0.2, 0) is 28.7 Å². The second-order valence-corrected chi connectivity index (χ2v) is 13.8. The molecule has 0 aliphatic heterocycles. The third kappa shape index (κ3) is 5.86. The molecule has 0 aromatic rings. The summed E-state index contributed by atoms with van der Waals surface area (Å²) in [6.45, 7) is 3.37. The van der Waals surface area contributed by atoms with E-state index in [1.54, 1.807) is 6.08 Å². The van der Waals surface area contributed by atoms with Crippen molar-refractivity contribution in [2.75, 3.05) is 18.6 Å². The van der Waals surface area contributed by atoms with Crippen LogP contribution in [0.1, 0.15) is 78.1 Å². The van der Waals surface area contributed by atoms with E-state index in [9.17, 15) is 39.3 Å². The van der Waals surface area contributed by atoms with E-state index >= 15 is 0 Å². The minimum Gasteiger partial charge on any atom is -0.480 e. The minimum absolute atomic E-state index is 0.00791. The Morgan fingerprint density at radius 3 is 2.56 bits per heavy atom. The molecule has 4 N–H and O–H groups in total. The molecule has 0 radical (unpaired) electrons. The summed E-state index contributed by atoms with van der Waals surface area (Å²) in [6, 6.07) is -1.04. The molecular formula is C30H43NO9S. The Hall–Kier alpha value is -2.24. The minimum atomic E-state index is -1.76. The highest BCUT2D eigenvalue weighted by Crippen LogP contribution is 2.67. The lowest BCUT2D eigenvalue weighted by Crippen LogP contribution is -2.62. The van der Waals surface area contributed by atoms with E-state index in [0.717, 1.165) is 18.4 Å². The summed E-state index contributed by atoms with van der Waals surface area (Å²) < 4.78 is 5.15. The number of aliphatic carboxylic acids is 1. The van der Waals surface area contributed by atoms with E-state index in [0.29, 0.717) is 25.0 Å². The molecule has 3 fully saturated rings. The van der Waals surface area contributed by atoms with E-state index in [-0.39, 0.29) is 61.1 Å². The number of hydrogen-bond acceptors (Lipinski definition) is 9. The van der Waals surface area contributed by atoms with Crippen LogP contribution in [0.4, 0.5) is 0 Å². The number of amides is 1. The van der Waals surface area contributed by atoms with Crippen molar-refractivity contribution in [3.8, 4) is 0 Å². The monoisotopic (exact) mass is 593 g/mol. The first kappa shape index (κ1) is 31.7. The molecular weight excluding hydrogens is 550 g/mol. The fourth-order valence-corrected chi connectivity index (χ4v) is 8.93. The van der Waals surface area contributed by atoms with E-state index in [4.69, 9.17) is 4.74 Å². The van der Waals surface area contributed by atoms with Crippen molar-refractivity contribution in [3.05, 3.63) is 11.6 Å². The number of aliphatic hydroxyl groups is 2. The van der Waals surface area contributed by atoms with Crippen LogP contribution < -0.4 is 5.32 Å². The molecule has 0 aromatic carbocycles. The Balaban J connectivity index is 1.35. The van der Waals surface area contributed by atoms with Gasteiger partial charge in [-0.1, -0.05) is 19.4 Å². The fourth-order valence-electron chi connectivity index (χ4n) is 8.46. The number of Topliss-reactive ketones (excluding diaryl/α,β-unsaturated/α-hetero) is 1. The van der Waals surface area contributed by atoms with Gasteiger partial charge in [0.2, 0.25) is 11.7 Å². The fraction of sp³-hybridized carbons (Fsp3) is 0.767. The van der Waals surface area contributed by atoms with Gasteiger partial charge in [-0.05, 0) is 86.2 Å². The normalized spacial score (nSPS) is 36.7. The van der Waals surface area contributed by atoms with Gasteiger partial charge in [-0.25, -0.2) is 4.79 Å². The van der Waals surface area contributed by atoms with Gasteiger partial charge in [0.05, 0.1) is 12.5 Å². The molecule has 0 aromatic heterocycles. The Kier molecular flexibility index (Phi) is 9.40. The molecule has 8 atom stereocenters. The second kappa shape index (κ2) is 12.2. The number of thioether (sulfide) groups is 1. The van der Waals surface area contributed by atoms with Crippen molar-refractivity contribution in [1.82, 2.24) is 5.32 Å². The molecule has 228 valence electrons. The Morgan fingerprint density at radius 2 is 1.88 bits per heavy atom. The SMILES string of the molecule is CSCC[C@H](NC(=O)CCC(=O)OCC(=O)[C@@]1(O)CC[C@@H]2[C@@H]3CCC4=CC(=O)CC[C@]4(C)[C@@H]3[C@H](O)C[C@@]21C)C(=O)O. The van der Waals surface area contributed by atoms with Crippen LogP contribution in [0.5, 0.6) is 0 Å². The van der Waals surface area contributed by atoms with E-state index in [1.807, 2.05) is 13.2 Å². The average molecular weight is 594 g/mol. The van der Waals surface area contributed by atoms with Gasteiger partial charge in [0, 0.05) is 18.3 Å². The number of aliphatic hydroxyl groups excluding tert-OH is 1. The first-order valence-corrected chi connectivity index (χ1v) is 16.0. The van der Waals surface area contributed by atoms with Crippen molar-refractivity contribution >= 4 is 41.2 Å². The maximum Gasteiger partial charge on any atom is 0.326 e. The van der Waals surface area contributed by atoms with E-state index in [1.165, 1.54) is 11.8 Å². The summed E-state index contributed by atoms with van der Waals surface area (Å²) in [7, 11) is 0. The predicted octanol–water partition coefficient (Wildman–Crippen LogP) is 2.44. The van der Waals surface area contributed by atoms with Crippen LogP contribution >= 0.6 is 11.8 Å². The molecule has 0 bridgehead atoms. The Morgan fingerprint density at radius 1 is 1.15 bits per heavy atom. The largest absolute Gasteiger partial charge is 0.480 e. The number of ether oxygens (including phenoxy) is 1. The summed E-state index contributed by atoms with van der Waals surface area (Å²) in [5.41, 5.74) is -1.81. The molecule has 4 aliphatic rings. The van der Waals surface area contributed by atoms with Crippen molar-refractivity contribution < 1.29 is 44.0 Å². The first-order valence-electron chi connectivity index (χ1n) is 14.6. The standard InChI is InChI=1S/C30H43NO9S/c1-28-11-8-18(32)14-17(28)4-5-19-20-9-12-30(39,29(20,2)15-22(33)26(19)28)23(34)16-40-25(36)7-6-24(35)31-21(27(37)38)10-13-41-3/h14,19-22,26,33,39H,4-13,15-16H2,1-3H3,(H,31,35)(H,37,38)/t19-,20+,21-,22+,26-,28-,29-,30-/m0/s1. The summed E-state index contributed by atoms with van der Waals surface area (Å²) in [5.74, 6) is -2.39. The molecule has 0 unspecified atom stereocenters. The molecule has 4 aliphatic carbocycles. The third-order valence-corrected chi connectivity index (χ3v) is 11.3. The van der Waals surface area contributed by atoms with Crippen molar-refractivity contribution in [1.29, 1.82) is 0 Å². The highest BCUT2D eigenvalue weighted by molar-refractivity contribution is 7.98. The molecule has 1 amide bonds. The van der Waals surface area contributed by atoms with Crippen molar-refractivity contribution in [3.63, 3.8) is 0 Å². The number of carboxylic acids is 1. The number of carboxylic acid groups (broad SMARTS) is 1. The summed E-state index contributed by atoms with van der Waals surface area (Å²) >= 11 is 1.46. The van der Waals surface area contributed by atoms with Crippen LogP contribution in [0.3, 0.4) is 0 Å². The molecule has 0 heterocycles. The van der Waals surface area contributed by atoms with Crippen LogP contribution in [-0.4, -0.2) is 81.1 Å². The average Bonchev–Trinajstić information content (AvgIpc) is 3.19. The number of esters is 1. The van der Waals surface area contributed by atoms with E-state index < -0.39 is 53.4 Å². The number of carbonyl (C=O) groups excluding carboxylic acids is 4. The van der Waals surface area contributed by atoms with Gasteiger partial charge in [-0.2, -0.15) is 11.8 Å². The van der Waals surface area contributed by atoms with Crippen LogP contribution in [0.2, 0.25) is 0 Å². The highest BCUT2D eigenvalue weighted by Gasteiger charge is 2.68. The second-order valence-electron chi connectivity index (χ2n) is 12.8. The topological polar surface area (TPSA) is 167 Å². The lowest BCUT2D eigenvalue weighted by molar-refractivity contribution is -0.184. The van der Waals surface area contributed by atoms with Crippen molar-refractivity contribution in [2.45, 2.75) is 95.8 Å². The van der Waals surface area contributed by atoms with Gasteiger partial charge in [0.15, 0.2) is 12.4 Å². The number of fused-ring (bicyclic) bond motifs is 5. The smallest absolute Gasteiger partial charge is 0.326 e. The summed E-state index contributed by atoms with van der Waals surface area (Å²) in [6.07, 6.45) is 6.30. The predicted molar refractivity (Wildman–Crippen MR) is 151 cm³/mol. The quantitative estimate of drug-likeness (QED) is 0.261. The highest BCUT2D eigenvalue weighted by atomic mass is 32.2. The third-order valence-electron chi connectivity index (χ3n) is 10.7. The van der Waals surface area contributed by atoms with E-state index in [2.05, 4.69) is 12.2 Å². The van der Waals surface area contributed by atoms with Crippen LogP contribution in [0, 0.1) is 28.6 Å². The maximum atomic E-state index is 13.4. The molecule has 0 saturated heterocycles. The molecule has 0 spiro atoms. The van der Waals surface area contributed by atoms with Gasteiger partial charge in [-0.15, -0.1) is 0 Å². The molecule has 11 heteroatoms. The van der Waals surface area contributed by atoms with Gasteiger partial charge in [0.1, 0.15) is 11.6 Å². The maximum absolute atomic E-state index is 13.4. The summed E-state index contributed by atoms with van der Waals surface area (Å²) in [4.78, 5) is 61.3. The lowest BCUT2D eigenvalue weighted by Gasteiger charge is -2.60. The summed E-state index contributed by atoms with van der Waals surface area (Å²) in [5, 5.41) is 34.9. The van der Waals surface area contributed by atoms with Gasteiger partial charge in [-0.3, -0.25) is 19.2 Å². The van der Waals surface area contributed by atoms with Crippen molar-refractivity contribution in [2.24, 2.45) is 28.6 Å². The molecule has 4 rings (SSSR count). The number of hydrogen-bond donors (Lipinski definition) is 4. The lowest BCUT2D eigenvalue weighted by atomic mass is 9.45. The number of rotatable bonds is 11. The Bertz CT molecular complexity index is 1120. The molecule has 10 nitrogen and oxygen atoms in total. The van der Waals surface area contributed by atoms with Gasteiger partial charge >= 0.3 is 11.9 Å². The number of nitrogens with one attached hydrogen (secondary N) is 1. The number of ketones is 2. The molecule has 3 saturated carbocycles. The zero-order chi connectivity index (χ0) is 30.2. The van der Waals surface area contributed by atoms with Crippen LogP contribution in [0.25, 0.3) is 0 Å². The first-order chi connectivity index (χ1) is 19.3.